The number of anilines is 1. The van der Waals surface area contributed by atoms with Crippen LogP contribution in [0.5, 0.6) is 5.75 Å². The number of rotatable bonds is 5. The average molecular weight is 408 g/mol. The van der Waals surface area contributed by atoms with Crippen molar-refractivity contribution in [1.29, 1.82) is 0 Å². The number of ether oxygens (including phenoxy) is 1. The molecule has 2 aromatic carbocycles. The van der Waals surface area contributed by atoms with Gasteiger partial charge in [0.05, 0.1) is 19.2 Å². The molecule has 2 aromatic rings. The quantitative estimate of drug-likeness (QED) is 0.587. The van der Waals surface area contributed by atoms with Crippen molar-refractivity contribution in [2.75, 3.05) is 12.0 Å². The minimum Gasteiger partial charge on any atom is -0.495 e. The molecule has 140 valence electrons. The molecule has 0 spiro atoms. The van der Waals surface area contributed by atoms with E-state index < -0.39 is 23.8 Å². The number of methoxy groups -OCH3 is 1. The first-order chi connectivity index (χ1) is 12.9. The molecule has 0 saturated carbocycles. The van der Waals surface area contributed by atoms with Crippen molar-refractivity contribution in [2.45, 2.75) is 12.5 Å². The minimum atomic E-state index is -0.905. The van der Waals surface area contributed by atoms with Gasteiger partial charge in [-0.25, -0.2) is 10.3 Å². The molecular formula is C18H15Cl2N3O4. The number of hydrazine groups is 1. The van der Waals surface area contributed by atoms with Crippen LogP contribution in [0.3, 0.4) is 0 Å². The molecule has 0 aliphatic carbocycles. The van der Waals surface area contributed by atoms with Gasteiger partial charge in [-0.05, 0) is 42.5 Å². The van der Waals surface area contributed by atoms with E-state index >= 15 is 0 Å². The predicted octanol–water partition coefficient (Wildman–Crippen LogP) is 2.57. The molecular weight excluding hydrogens is 393 g/mol. The van der Waals surface area contributed by atoms with E-state index in [1.807, 2.05) is 0 Å². The highest BCUT2D eigenvalue weighted by atomic mass is 35.5. The van der Waals surface area contributed by atoms with Gasteiger partial charge in [-0.3, -0.25) is 19.8 Å². The SMILES string of the molecule is COc1ccc(Cl)cc1N1C(=O)C[C@H](NNC(=O)c2ccc(Cl)cc2)C1=O. The number of hydrogen-bond acceptors (Lipinski definition) is 5. The Hall–Kier alpha value is -2.61. The van der Waals surface area contributed by atoms with E-state index in [2.05, 4.69) is 10.9 Å². The topological polar surface area (TPSA) is 87.7 Å². The first-order valence-corrected chi connectivity index (χ1v) is 8.68. The van der Waals surface area contributed by atoms with Gasteiger partial charge >= 0.3 is 0 Å². The number of nitrogens with one attached hydrogen (secondary N) is 2. The summed E-state index contributed by atoms with van der Waals surface area (Å²) in [7, 11) is 1.43. The molecule has 3 rings (SSSR count). The van der Waals surface area contributed by atoms with Gasteiger partial charge in [0.25, 0.3) is 11.8 Å². The summed E-state index contributed by atoms with van der Waals surface area (Å²) in [5, 5.41) is 0.862. The Morgan fingerprint density at radius 3 is 2.44 bits per heavy atom. The number of nitrogens with zero attached hydrogens (tertiary/aromatic N) is 1. The van der Waals surface area contributed by atoms with Crippen LogP contribution >= 0.6 is 23.2 Å². The van der Waals surface area contributed by atoms with Gasteiger partial charge in [0.1, 0.15) is 11.8 Å². The second kappa shape index (κ2) is 7.96. The van der Waals surface area contributed by atoms with Crippen molar-refractivity contribution in [3.8, 4) is 5.75 Å². The second-order valence-corrected chi connectivity index (χ2v) is 6.62. The highest BCUT2D eigenvalue weighted by molar-refractivity contribution is 6.31. The van der Waals surface area contributed by atoms with Gasteiger partial charge in [-0.1, -0.05) is 23.2 Å². The lowest BCUT2D eigenvalue weighted by Crippen LogP contribution is -2.48. The Labute approximate surface area is 165 Å². The first-order valence-electron chi connectivity index (χ1n) is 7.92. The lowest BCUT2D eigenvalue weighted by Gasteiger charge is -2.18. The molecule has 0 unspecified atom stereocenters. The fourth-order valence-electron chi connectivity index (χ4n) is 2.66. The summed E-state index contributed by atoms with van der Waals surface area (Å²) in [5.41, 5.74) is 5.66. The van der Waals surface area contributed by atoms with Crippen LogP contribution in [0.25, 0.3) is 0 Å². The van der Waals surface area contributed by atoms with Crippen LogP contribution < -0.4 is 20.5 Å². The van der Waals surface area contributed by atoms with Crippen molar-refractivity contribution in [3.63, 3.8) is 0 Å². The Balaban J connectivity index is 1.72. The zero-order chi connectivity index (χ0) is 19.6. The smallest absolute Gasteiger partial charge is 0.265 e. The summed E-state index contributed by atoms with van der Waals surface area (Å²) in [6.45, 7) is 0. The summed E-state index contributed by atoms with van der Waals surface area (Å²) in [4.78, 5) is 38.2. The molecule has 1 fully saturated rings. The summed E-state index contributed by atoms with van der Waals surface area (Å²) < 4.78 is 5.20. The maximum absolute atomic E-state index is 12.7. The van der Waals surface area contributed by atoms with Crippen LogP contribution in [0.4, 0.5) is 5.69 Å². The van der Waals surface area contributed by atoms with E-state index in [4.69, 9.17) is 27.9 Å². The third-order valence-electron chi connectivity index (χ3n) is 3.99. The number of carbonyl (C=O) groups excluding carboxylic acids is 3. The van der Waals surface area contributed by atoms with Gasteiger partial charge in [0.15, 0.2) is 0 Å². The van der Waals surface area contributed by atoms with Crippen molar-refractivity contribution < 1.29 is 19.1 Å². The molecule has 9 heteroatoms. The third-order valence-corrected chi connectivity index (χ3v) is 4.48. The standard InChI is InChI=1S/C18H15Cl2N3O4/c1-27-15-7-6-12(20)8-14(15)23-16(24)9-13(18(23)26)21-22-17(25)10-2-4-11(19)5-3-10/h2-8,13,21H,9H2,1H3,(H,22,25)/t13-/m0/s1. The van der Waals surface area contributed by atoms with E-state index in [-0.39, 0.29) is 12.1 Å². The molecule has 0 bridgehead atoms. The van der Waals surface area contributed by atoms with Crippen LogP contribution in [-0.4, -0.2) is 30.9 Å². The molecule has 7 nitrogen and oxygen atoms in total. The van der Waals surface area contributed by atoms with Gasteiger partial charge in [0.2, 0.25) is 5.91 Å². The van der Waals surface area contributed by atoms with Crippen LogP contribution in [-0.2, 0) is 9.59 Å². The molecule has 27 heavy (non-hydrogen) atoms. The minimum absolute atomic E-state index is 0.116. The van der Waals surface area contributed by atoms with Crippen molar-refractivity contribution >= 4 is 46.6 Å². The highest BCUT2D eigenvalue weighted by Gasteiger charge is 2.41. The number of halogens is 2. The second-order valence-electron chi connectivity index (χ2n) is 5.75. The molecule has 0 aromatic heterocycles. The van der Waals surface area contributed by atoms with Crippen molar-refractivity contribution in [3.05, 3.63) is 58.1 Å². The Morgan fingerprint density at radius 1 is 1.11 bits per heavy atom. The normalized spacial score (nSPS) is 16.6. The third kappa shape index (κ3) is 4.05. The van der Waals surface area contributed by atoms with Crippen LogP contribution in [0.1, 0.15) is 16.8 Å². The molecule has 2 N–H and O–H groups in total. The highest BCUT2D eigenvalue weighted by Crippen LogP contribution is 2.34. The number of carbonyl (C=O) groups is 3. The lowest BCUT2D eigenvalue weighted by molar-refractivity contribution is -0.121. The van der Waals surface area contributed by atoms with E-state index in [0.29, 0.717) is 21.4 Å². The number of imide groups is 1. The van der Waals surface area contributed by atoms with E-state index in [9.17, 15) is 14.4 Å². The van der Waals surface area contributed by atoms with E-state index in [1.54, 1.807) is 36.4 Å². The monoisotopic (exact) mass is 407 g/mol. The summed E-state index contributed by atoms with van der Waals surface area (Å²) in [5.74, 6) is -1.06. The zero-order valence-electron chi connectivity index (χ0n) is 14.2. The zero-order valence-corrected chi connectivity index (χ0v) is 15.7. The predicted molar refractivity (Wildman–Crippen MR) is 101 cm³/mol. The maximum Gasteiger partial charge on any atom is 0.265 e. The lowest BCUT2D eigenvalue weighted by atomic mass is 10.2. The molecule has 1 aliphatic heterocycles. The molecule has 0 radical (unpaired) electrons. The van der Waals surface area contributed by atoms with Crippen LogP contribution in [0.2, 0.25) is 10.0 Å². The van der Waals surface area contributed by atoms with E-state index in [0.717, 1.165) is 4.90 Å². The summed E-state index contributed by atoms with van der Waals surface area (Å²) in [6.07, 6.45) is -0.116. The van der Waals surface area contributed by atoms with Crippen molar-refractivity contribution in [2.24, 2.45) is 0 Å². The number of amides is 3. The molecule has 1 saturated heterocycles. The fraction of sp³-hybridized carbons (Fsp3) is 0.167. The van der Waals surface area contributed by atoms with Gasteiger partial charge in [-0.2, -0.15) is 0 Å². The molecule has 1 atom stereocenters. The first kappa shape index (κ1) is 19.2. The van der Waals surface area contributed by atoms with Gasteiger partial charge in [0, 0.05) is 15.6 Å². The van der Waals surface area contributed by atoms with Crippen molar-refractivity contribution in [1.82, 2.24) is 10.9 Å². The number of benzene rings is 2. The molecule has 3 amide bonds. The van der Waals surface area contributed by atoms with Gasteiger partial charge < -0.3 is 4.74 Å². The fourth-order valence-corrected chi connectivity index (χ4v) is 2.95. The Kier molecular flexibility index (Phi) is 5.65. The van der Waals surface area contributed by atoms with Crippen LogP contribution in [0.15, 0.2) is 42.5 Å². The Morgan fingerprint density at radius 2 is 1.78 bits per heavy atom. The van der Waals surface area contributed by atoms with Gasteiger partial charge in [-0.15, -0.1) is 0 Å². The summed E-state index contributed by atoms with van der Waals surface area (Å²) in [6, 6.07) is 9.98. The number of hydrogen-bond donors (Lipinski definition) is 2. The summed E-state index contributed by atoms with van der Waals surface area (Å²) >= 11 is 11.8. The molecule has 1 aliphatic rings. The molecule has 1 heterocycles. The largest absolute Gasteiger partial charge is 0.495 e. The average Bonchev–Trinajstić information content (AvgIpc) is 2.93. The maximum atomic E-state index is 12.7. The van der Waals surface area contributed by atoms with E-state index in [1.165, 1.54) is 13.2 Å². The van der Waals surface area contributed by atoms with Crippen LogP contribution in [0, 0.1) is 0 Å². The Bertz CT molecular complexity index is 902.